The first-order valence-corrected chi connectivity index (χ1v) is 7.36. The van der Waals surface area contributed by atoms with E-state index in [1.807, 2.05) is 42.9 Å². The van der Waals surface area contributed by atoms with Crippen LogP contribution in [-0.2, 0) is 11.3 Å². The smallest absolute Gasteiger partial charge is 0.251 e. The van der Waals surface area contributed by atoms with E-state index in [0.29, 0.717) is 17.8 Å². The minimum absolute atomic E-state index is 0.0647. The predicted molar refractivity (Wildman–Crippen MR) is 86.7 cm³/mol. The van der Waals surface area contributed by atoms with Gasteiger partial charge in [0.15, 0.2) is 0 Å². The van der Waals surface area contributed by atoms with E-state index in [4.69, 9.17) is 0 Å². The van der Waals surface area contributed by atoms with Crippen molar-refractivity contribution in [2.24, 2.45) is 5.92 Å². The molecule has 2 aromatic rings. The van der Waals surface area contributed by atoms with Gasteiger partial charge in [-0.25, -0.2) is 0 Å². The van der Waals surface area contributed by atoms with E-state index < -0.39 is 0 Å². The lowest BCUT2D eigenvalue weighted by atomic mass is 10.1. The maximum absolute atomic E-state index is 12.1. The van der Waals surface area contributed by atoms with Gasteiger partial charge in [0.1, 0.15) is 0 Å². The number of rotatable bonds is 6. The number of anilines is 1. The van der Waals surface area contributed by atoms with Gasteiger partial charge < -0.3 is 15.2 Å². The van der Waals surface area contributed by atoms with Gasteiger partial charge in [-0.15, -0.1) is 0 Å². The molecule has 0 fully saturated rings. The second kappa shape index (κ2) is 7.45. The highest BCUT2D eigenvalue weighted by molar-refractivity contribution is 5.97. The van der Waals surface area contributed by atoms with E-state index in [9.17, 15) is 9.59 Å². The third-order valence-electron chi connectivity index (χ3n) is 3.24. The van der Waals surface area contributed by atoms with Crippen molar-refractivity contribution in [3.8, 4) is 0 Å². The summed E-state index contributed by atoms with van der Waals surface area (Å²) in [6, 6.07) is 10.8. The van der Waals surface area contributed by atoms with Gasteiger partial charge in [-0.2, -0.15) is 0 Å². The molecule has 0 atom stereocenters. The average Bonchev–Trinajstić information content (AvgIpc) is 3.00. The number of hydrogen-bond donors (Lipinski definition) is 2. The van der Waals surface area contributed by atoms with Crippen molar-refractivity contribution in [1.82, 2.24) is 9.88 Å². The number of nitrogens with zero attached hydrogens (tertiary/aromatic N) is 1. The van der Waals surface area contributed by atoms with Crippen molar-refractivity contribution in [2.75, 3.05) is 11.9 Å². The number of carbonyl (C=O) groups excluding carboxylic acids is 2. The molecule has 1 aromatic heterocycles. The summed E-state index contributed by atoms with van der Waals surface area (Å²) in [4.78, 5) is 23.8. The lowest BCUT2D eigenvalue weighted by Gasteiger charge is -2.10. The standard InChI is InChI=1S/C17H21N3O2/c1-13(2)16(21)19-15-7-5-6-14(12-15)17(22)18-8-11-20-9-3-4-10-20/h3-7,9-10,12-13H,8,11H2,1-2H3,(H,18,22)(H,19,21). The van der Waals surface area contributed by atoms with Gasteiger partial charge in [-0.1, -0.05) is 19.9 Å². The van der Waals surface area contributed by atoms with E-state index in [0.717, 1.165) is 6.54 Å². The molecule has 1 heterocycles. The Balaban J connectivity index is 1.90. The zero-order chi connectivity index (χ0) is 15.9. The van der Waals surface area contributed by atoms with Crippen LogP contribution in [0.1, 0.15) is 24.2 Å². The number of nitrogens with one attached hydrogen (secondary N) is 2. The summed E-state index contributed by atoms with van der Waals surface area (Å²) in [5.41, 5.74) is 1.17. The fourth-order valence-electron chi connectivity index (χ4n) is 1.94. The van der Waals surface area contributed by atoms with Crippen LogP contribution in [0.4, 0.5) is 5.69 Å². The molecule has 0 saturated carbocycles. The van der Waals surface area contributed by atoms with Crippen LogP contribution in [0.5, 0.6) is 0 Å². The zero-order valence-electron chi connectivity index (χ0n) is 12.9. The summed E-state index contributed by atoms with van der Waals surface area (Å²) in [6.45, 7) is 4.93. The Kier molecular flexibility index (Phi) is 5.36. The maximum atomic E-state index is 12.1. The molecule has 0 aliphatic carbocycles. The molecule has 2 rings (SSSR count). The Hall–Kier alpha value is -2.56. The lowest BCUT2D eigenvalue weighted by molar-refractivity contribution is -0.118. The summed E-state index contributed by atoms with van der Waals surface area (Å²) in [5, 5.41) is 5.66. The normalized spacial score (nSPS) is 10.5. The minimum Gasteiger partial charge on any atom is -0.353 e. The molecule has 5 nitrogen and oxygen atoms in total. The van der Waals surface area contributed by atoms with Gasteiger partial charge in [-0.3, -0.25) is 9.59 Å². The van der Waals surface area contributed by atoms with E-state index in [2.05, 4.69) is 10.6 Å². The zero-order valence-corrected chi connectivity index (χ0v) is 12.9. The first-order chi connectivity index (χ1) is 10.6. The Morgan fingerprint density at radius 2 is 1.86 bits per heavy atom. The number of amides is 2. The molecule has 116 valence electrons. The minimum atomic E-state index is -0.146. The maximum Gasteiger partial charge on any atom is 0.251 e. The van der Waals surface area contributed by atoms with Crippen molar-refractivity contribution >= 4 is 17.5 Å². The van der Waals surface area contributed by atoms with E-state index in [-0.39, 0.29) is 17.7 Å². The van der Waals surface area contributed by atoms with Crippen molar-refractivity contribution < 1.29 is 9.59 Å². The molecule has 0 saturated heterocycles. The molecule has 0 aliphatic rings. The highest BCUT2D eigenvalue weighted by atomic mass is 16.2. The summed E-state index contributed by atoms with van der Waals surface area (Å²) < 4.78 is 2.00. The molecule has 0 aliphatic heterocycles. The molecule has 5 heteroatoms. The summed E-state index contributed by atoms with van der Waals surface area (Å²) in [6.07, 6.45) is 3.91. The van der Waals surface area contributed by atoms with E-state index in [1.165, 1.54) is 0 Å². The van der Waals surface area contributed by atoms with Gasteiger partial charge >= 0.3 is 0 Å². The van der Waals surface area contributed by atoms with Crippen molar-refractivity contribution in [1.29, 1.82) is 0 Å². The topological polar surface area (TPSA) is 63.1 Å². The first kappa shape index (κ1) is 15.8. The molecule has 0 bridgehead atoms. The molecule has 0 spiro atoms. The second-order valence-electron chi connectivity index (χ2n) is 5.40. The van der Waals surface area contributed by atoms with Crippen molar-refractivity contribution in [2.45, 2.75) is 20.4 Å². The molecule has 0 radical (unpaired) electrons. The van der Waals surface area contributed by atoms with Gasteiger partial charge in [-0.05, 0) is 30.3 Å². The third-order valence-corrected chi connectivity index (χ3v) is 3.24. The fourth-order valence-corrected chi connectivity index (χ4v) is 1.94. The van der Waals surface area contributed by atoms with Crippen LogP contribution < -0.4 is 10.6 Å². The molecule has 1 aromatic carbocycles. The van der Waals surface area contributed by atoms with Crippen molar-refractivity contribution in [3.63, 3.8) is 0 Å². The fraction of sp³-hybridized carbons (Fsp3) is 0.294. The molecule has 22 heavy (non-hydrogen) atoms. The molecule has 2 amide bonds. The van der Waals surface area contributed by atoms with E-state index >= 15 is 0 Å². The molecule has 2 N–H and O–H groups in total. The largest absolute Gasteiger partial charge is 0.353 e. The molecule has 0 unspecified atom stereocenters. The van der Waals surface area contributed by atoms with Gasteiger partial charge in [0.2, 0.25) is 5.91 Å². The number of carbonyl (C=O) groups is 2. The number of hydrogen-bond acceptors (Lipinski definition) is 2. The van der Waals surface area contributed by atoms with Gasteiger partial charge in [0, 0.05) is 42.7 Å². The highest BCUT2D eigenvalue weighted by Gasteiger charge is 2.09. The Morgan fingerprint density at radius 3 is 2.55 bits per heavy atom. The Labute approximate surface area is 130 Å². The molecular formula is C17H21N3O2. The van der Waals surface area contributed by atoms with Crippen LogP contribution in [0.25, 0.3) is 0 Å². The molecular weight excluding hydrogens is 278 g/mol. The SMILES string of the molecule is CC(C)C(=O)Nc1cccc(C(=O)NCCn2cccc2)c1. The van der Waals surface area contributed by atoms with Gasteiger partial charge in [0.25, 0.3) is 5.91 Å². The van der Waals surface area contributed by atoms with Crippen LogP contribution in [0.2, 0.25) is 0 Å². The van der Waals surface area contributed by atoms with Crippen molar-refractivity contribution in [3.05, 3.63) is 54.4 Å². The monoisotopic (exact) mass is 299 g/mol. The predicted octanol–water partition coefficient (Wildman–Crippen LogP) is 2.51. The summed E-state index contributed by atoms with van der Waals surface area (Å²) in [5.74, 6) is -0.308. The lowest BCUT2D eigenvalue weighted by Crippen LogP contribution is -2.27. The van der Waals surface area contributed by atoms with Crippen LogP contribution in [0.15, 0.2) is 48.8 Å². The highest BCUT2D eigenvalue weighted by Crippen LogP contribution is 2.12. The average molecular weight is 299 g/mol. The summed E-state index contributed by atoms with van der Waals surface area (Å²) >= 11 is 0. The Bertz CT molecular complexity index is 633. The van der Waals surface area contributed by atoms with Crippen LogP contribution in [0, 0.1) is 5.92 Å². The number of aromatic nitrogens is 1. The van der Waals surface area contributed by atoms with Gasteiger partial charge in [0.05, 0.1) is 0 Å². The third kappa shape index (κ3) is 4.48. The Morgan fingerprint density at radius 1 is 1.14 bits per heavy atom. The van der Waals surface area contributed by atoms with Crippen LogP contribution in [-0.4, -0.2) is 22.9 Å². The first-order valence-electron chi connectivity index (χ1n) is 7.36. The second-order valence-corrected chi connectivity index (χ2v) is 5.40. The number of benzene rings is 1. The van der Waals surface area contributed by atoms with E-state index in [1.54, 1.807) is 24.3 Å². The van der Waals surface area contributed by atoms with Crippen LogP contribution in [0.3, 0.4) is 0 Å². The summed E-state index contributed by atoms with van der Waals surface area (Å²) in [7, 11) is 0. The van der Waals surface area contributed by atoms with Crippen LogP contribution >= 0.6 is 0 Å². The quantitative estimate of drug-likeness (QED) is 0.861.